The molecule has 0 aromatic heterocycles. The summed E-state index contributed by atoms with van der Waals surface area (Å²) in [5.74, 6) is 1.76. The Labute approximate surface area is 112 Å². The van der Waals surface area contributed by atoms with Gasteiger partial charge in [0.15, 0.2) is 17.3 Å². The number of carbonyl (C=O) groups is 1. The number of fused-ring (bicyclic) bond motifs is 1. The van der Waals surface area contributed by atoms with Crippen molar-refractivity contribution >= 4 is 5.78 Å². The van der Waals surface area contributed by atoms with Crippen LogP contribution in [0.15, 0.2) is 18.2 Å². The quantitative estimate of drug-likeness (QED) is 0.853. The molecule has 19 heavy (non-hydrogen) atoms. The first kappa shape index (κ1) is 12.4. The van der Waals surface area contributed by atoms with E-state index >= 15 is 0 Å². The van der Waals surface area contributed by atoms with E-state index in [1.54, 1.807) is 0 Å². The van der Waals surface area contributed by atoms with Crippen LogP contribution >= 0.6 is 0 Å². The van der Waals surface area contributed by atoms with Gasteiger partial charge in [0.2, 0.25) is 6.79 Å². The Morgan fingerprint density at radius 1 is 1.21 bits per heavy atom. The molecule has 0 unspecified atom stereocenters. The number of ketones is 1. The van der Waals surface area contributed by atoms with Crippen LogP contribution in [0.25, 0.3) is 0 Å². The van der Waals surface area contributed by atoms with Crippen molar-refractivity contribution in [3.63, 3.8) is 0 Å². The van der Waals surface area contributed by atoms with Crippen LogP contribution in [-0.2, 0) is 11.2 Å². The minimum atomic E-state index is 0.251. The highest BCUT2D eigenvalue weighted by atomic mass is 16.7. The van der Waals surface area contributed by atoms with E-state index in [1.807, 2.05) is 18.2 Å². The first-order valence-corrected chi connectivity index (χ1v) is 6.64. The van der Waals surface area contributed by atoms with Gasteiger partial charge in [-0.1, -0.05) is 6.07 Å². The number of ether oxygens (including phenoxy) is 2. The lowest BCUT2D eigenvalue weighted by molar-refractivity contribution is -0.119. The van der Waals surface area contributed by atoms with Gasteiger partial charge >= 0.3 is 0 Å². The van der Waals surface area contributed by atoms with Crippen molar-refractivity contribution in [2.75, 3.05) is 39.5 Å². The molecule has 0 saturated carbocycles. The molecule has 2 aliphatic heterocycles. The van der Waals surface area contributed by atoms with E-state index < -0.39 is 0 Å². The average molecular weight is 262 g/mol. The van der Waals surface area contributed by atoms with Gasteiger partial charge in [0.05, 0.1) is 6.54 Å². The molecule has 0 amide bonds. The zero-order valence-electron chi connectivity index (χ0n) is 10.9. The van der Waals surface area contributed by atoms with Crippen molar-refractivity contribution < 1.29 is 14.3 Å². The standard InChI is InChI=1S/C14H18N2O3/c17-12(9-16-5-3-15-4-6-16)7-11-1-2-13-14(8-11)19-10-18-13/h1-2,8,15H,3-7,9-10H2. The van der Waals surface area contributed by atoms with Gasteiger partial charge in [0.1, 0.15) is 0 Å². The van der Waals surface area contributed by atoms with Crippen molar-refractivity contribution in [3.05, 3.63) is 23.8 Å². The molecule has 1 N–H and O–H groups in total. The number of rotatable bonds is 4. The first-order chi connectivity index (χ1) is 9.31. The number of piperazine rings is 1. The molecule has 5 heteroatoms. The molecule has 102 valence electrons. The minimum absolute atomic E-state index is 0.251. The van der Waals surface area contributed by atoms with Crippen molar-refractivity contribution in [1.82, 2.24) is 10.2 Å². The number of nitrogens with zero attached hydrogens (tertiary/aromatic N) is 1. The minimum Gasteiger partial charge on any atom is -0.454 e. The lowest BCUT2D eigenvalue weighted by Gasteiger charge is -2.26. The van der Waals surface area contributed by atoms with Gasteiger partial charge in [0, 0.05) is 32.6 Å². The Morgan fingerprint density at radius 2 is 2.00 bits per heavy atom. The van der Waals surface area contributed by atoms with E-state index in [2.05, 4.69) is 10.2 Å². The Hall–Kier alpha value is -1.59. The molecule has 0 bridgehead atoms. The molecule has 1 aromatic carbocycles. The molecule has 1 aromatic rings. The van der Waals surface area contributed by atoms with Gasteiger partial charge in [-0.15, -0.1) is 0 Å². The third-order valence-corrected chi connectivity index (χ3v) is 3.45. The number of hydrogen-bond acceptors (Lipinski definition) is 5. The predicted molar refractivity (Wildman–Crippen MR) is 70.6 cm³/mol. The monoisotopic (exact) mass is 262 g/mol. The predicted octanol–water partition coefficient (Wildman–Crippen LogP) is 0.432. The number of nitrogens with one attached hydrogen (secondary N) is 1. The lowest BCUT2D eigenvalue weighted by atomic mass is 10.1. The second-order valence-corrected chi connectivity index (χ2v) is 4.93. The fraction of sp³-hybridized carbons (Fsp3) is 0.500. The van der Waals surface area contributed by atoms with Crippen LogP contribution in [0.5, 0.6) is 11.5 Å². The summed E-state index contributed by atoms with van der Waals surface area (Å²) in [6.07, 6.45) is 0.459. The van der Waals surface area contributed by atoms with Crippen molar-refractivity contribution in [2.45, 2.75) is 6.42 Å². The molecule has 2 aliphatic rings. The van der Waals surface area contributed by atoms with Crippen LogP contribution in [0.3, 0.4) is 0 Å². The number of Topliss-reactive ketones (excluding diaryl/α,β-unsaturated/α-hetero) is 1. The Morgan fingerprint density at radius 3 is 2.84 bits per heavy atom. The molecule has 2 heterocycles. The Balaban J connectivity index is 1.56. The van der Waals surface area contributed by atoms with Crippen LogP contribution < -0.4 is 14.8 Å². The zero-order chi connectivity index (χ0) is 13.1. The van der Waals surface area contributed by atoms with Crippen LogP contribution in [0, 0.1) is 0 Å². The maximum atomic E-state index is 12.0. The normalized spacial score (nSPS) is 18.5. The van der Waals surface area contributed by atoms with Crippen molar-refractivity contribution in [2.24, 2.45) is 0 Å². The summed E-state index contributed by atoms with van der Waals surface area (Å²) in [6, 6.07) is 5.71. The van der Waals surface area contributed by atoms with Gasteiger partial charge in [0.25, 0.3) is 0 Å². The van der Waals surface area contributed by atoms with Crippen molar-refractivity contribution in [3.8, 4) is 11.5 Å². The van der Waals surface area contributed by atoms with Crippen molar-refractivity contribution in [1.29, 1.82) is 0 Å². The summed E-state index contributed by atoms with van der Waals surface area (Å²) >= 11 is 0. The van der Waals surface area contributed by atoms with E-state index in [9.17, 15) is 4.79 Å². The fourth-order valence-corrected chi connectivity index (χ4v) is 2.45. The van der Waals surface area contributed by atoms with Gasteiger partial charge in [-0.05, 0) is 17.7 Å². The number of hydrogen-bond donors (Lipinski definition) is 1. The maximum Gasteiger partial charge on any atom is 0.231 e. The summed E-state index contributed by atoms with van der Waals surface area (Å²) < 4.78 is 10.6. The zero-order valence-corrected chi connectivity index (χ0v) is 10.9. The van der Waals surface area contributed by atoms with Crippen LogP contribution in [-0.4, -0.2) is 50.2 Å². The highest BCUT2D eigenvalue weighted by Gasteiger charge is 2.16. The fourth-order valence-electron chi connectivity index (χ4n) is 2.45. The summed E-state index contributed by atoms with van der Waals surface area (Å²) in [7, 11) is 0. The Kier molecular flexibility index (Phi) is 3.66. The summed E-state index contributed by atoms with van der Waals surface area (Å²) in [6.45, 7) is 4.65. The van der Waals surface area contributed by atoms with E-state index in [-0.39, 0.29) is 12.6 Å². The lowest BCUT2D eigenvalue weighted by Crippen LogP contribution is -2.45. The molecule has 0 aliphatic carbocycles. The smallest absolute Gasteiger partial charge is 0.231 e. The molecule has 5 nitrogen and oxygen atoms in total. The van der Waals surface area contributed by atoms with Crippen LogP contribution in [0.2, 0.25) is 0 Å². The molecule has 1 saturated heterocycles. The maximum absolute atomic E-state index is 12.0. The number of benzene rings is 1. The molecule has 0 atom stereocenters. The SMILES string of the molecule is O=C(Cc1ccc2c(c1)OCO2)CN1CCNCC1. The molecule has 3 rings (SSSR count). The van der Waals surface area contributed by atoms with Gasteiger partial charge in [-0.25, -0.2) is 0 Å². The van der Waals surface area contributed by atoms with E-state index in [1.165, 1.54) is 0 Å². The summed E-state index contributed by atoms with van der Waals surface area (Å²) in [4.78, 5) is 14.2. The number of carbonyl (C=O) groups excluding carboxylic acids is 1. The topological polar surface area (TPSA) is 50.8 Å². The second-order valence-electron chi connectivity index (χ2n) is 4.93. The molecular weight excluding hydrogens is 244 g/mol. The molecule has 1 fully saturated rings. The van der Waals surface area contributed by atoms with Gasteiger partial charge < -0.3 is 14.8 Å². The second kappa shape index (κ2) is 5.59. The summed E-state index contributed by atoms with van der Waals surface area (Å²) in [5.41, 5.74) is 0.990. The largest absolute Gasteiger partial charge is 0.454 e. The van der Waals surface area contributed by atoms with Gasteiger partial charge in [-0.2, -0.15) is 0 Å². The van der Waals surface area contributed by atoms with Crippen LogP contribution in [0.4, 0.5) is 0 Å². The van der Waals surface area contributed by atoms with E-state index in [4.69, 9.17) is 9.47 Å². The summed E-state index contributed by atoms with van der Waals surface area (Å²) in [5, 5.41) is 3.28. The molecule has 0 radical (unpaired) electrons. The molecular formula is C14H18N2O3. The third-order valence-electron chi connectivity index (χ3n) is 3.45. The van der Waals surface area contributed by atoms with E-state index in [0.717, 1.165) is 43.2 Å². The highest BCUT2D eigenvalue weighted by Crippen LogP contribution is 2.32. The highest BCUT2D eigenvalue weighted by molar-refractivity contribution is 5.83. The molecule has 0 spiro atoms. The van der Waals surface area contributed by atoms with Gasteiger partial charge in [-0.3, -0.25) is 9.69 Å². The third kappa shape index (κ3) is 3.05. The first-order valence-electron chi connectivity index (χ1n) is 6.64. The van der Waals surface area contributed by atoms with Crippen LogP contribution in [0.1, 0.15) is 5.56 Å². The van der Waals surface area contributed by atoms with E-state index in [0.29, 0.717) is 13.0 Å². The average Bonchev–Trinajstić information content (AvgIpc) is 2.87. The Bertz CT molecular complexity index is 470.